The van der Waals surface area contributed by atoms with Gasteiger partial charge in [-0.15, -0.1) is 0 Å². The second-order valence-corrected chi connectivity index (χ2v) is 4.75. The minimum absolute atomic E-state index is 0.109. The molecule has 0 unspecified atom stereocenters. The molecule has 20 heavy (non-hydrogen) atoms. The number of unbranched alkanes of at least 4 members (excludes halogenated alkanes) is 1. The molecule has 1 heterocycles. The highest BCUT2D eigenvalue weighted by Crippen LogP contribution is 2.22. The van der Waals surface area contributed by atoms with E-state index in [1.165, 1.54) is 0 Å². The molecule has 0 amide bonds. The third kappa shape index (κ3) is 5.63. The number of nitrogens with one attached hydrogen (secondary N) is 1. The van der Waals surface area contributed by atoms with Gasteiger partial charge in [0.25, 0.3) is 0 Å². The number of rotatable bonds is 7. The van der Waals surface area contributed by atoms with Crippen LogP contribution >= 0.6 is 0 Å². The second-order valence-electron chi connectivity index (χ2n) is 4.75. The first-order valence-corrected chi connectivity index (χ1v) is 6.77. The van der Waals surface area contributed by atoms with E-state index in [0.29, 0.717) is 30.4 Å². The Kier molecular flexibility index (Phi) is 6.04. The van der Waals surface area contributed by atoms with Gasteiger partial charge in [-0.25, -0.2) is 9.97 Å². The highest BCUT2D eigenvalue weighted by atomic mass is 19.4. The normalized spacial score (nSPS) is 11.7. The Balaban J connectivity index is 2.50. The molecule has 0 atom stereocenters. The lowest BCUT2D eigenvalue weighted by molar-refractivity contribution is -0.135. The summed E-state index contributed by atoms with van der Waals surface area (Å²) in [6.07, 6.45) is -2.64. The topological polar surface area (TPSA) is 63.8 Å². The number of nitrogen functional groups attached to an aromatic ring is 1. The van der Waals surface area contributed by atoms with E-state index < -0.39 is 12.6 Å². The van der Waals surface area contributed by atoms with E-state index >= 15 is 0 Å². The minimum Gasteiger partial charge on any atom is -0.383 e. The summed E-state index contributed by atoms with van der Waals surface area (Å²) in [5, 5.41) is 3.04. The van der Waals surface area contributed by atoms with Crippen molar-refractivity contribution in [1.29, 1.82) is 0 Å². The largest absolute Gasteiger partial charge is 0.389 e. The third-order valence-corrected chi connectivity index (χ3v) is 2.88. The maximum absolute atomic E-state index is 12.0. The Hall–Kier alpha value is -1.53. The van der Waals surface area contributed by atoms with E-state index in [9.17, 15) is 13.2 Å². The van der Waals surface area contributed by atoms with Crippen LogP contribution in [0.25, 0.3) is 0 Å². The van der Waals surface area contributed by atoms with Gasteiger partial charge >= 0.3 is 6.18 Å². The zero-order chi connectivity index (χ0) is 15.2. The maximum Gasteiger partial charge on any atom is 0.389 e. The average Bonchev–Trinajstić information content (AvgIpc) is 2.33. The molecule has 0 saturated heterocycles. The number of hydrogen-bond acceptors (Lipinski definition) is 4. The SMILES string of the molecule is CCCc1nc(N)c(C)c(NCCCCC(F)(F)F)n1. The van der Waals surface area contributed by atoms with Crippen LogP contribution in [-0.2, 0) is 6.42 Å². The Morgan fingerprint density at radius 1 is 1.20 bits per heavy atom. The van der Waals surface area contributed by atoms with Crippen LogP contribution in [-0.4, -0.2) is 22.7 Å². The second kappa shape index (κ2) is 7.31. The lowest BCUT2D eigenvalue weighted by Gasteiger charge is -2.12. The molecule has 4 nitrogen and oxygen atoms in total. The quantitative estimate of drug-likeness (QED) is 0.755. The van der Waals surface area contributed by atoms with E-state index in [-0.39, 0.29) is 6.42 Å². The van der Waals surface area contributed by atoms with Crippen molar-refractivity contribution in [3.63, 3.8) is 0 Å². The van der Waals surface area contributed by atoms with Crippen LogP contribution in [0, 0.1) is 6.92 Å². The molecule has 0 saturated carbocycles. The van der Waals surface area contributed by atoms with Gasteiger partial charge in [0, 0.05) is 24.9 Å². The Bertz CT molecular complexity index is 432. The number of aromatic nitrogens is 2. The molecular weight excluding hydrogens is 269 g/mol. The molecule has 0 aromatic carbocycles. The summed E-state index contributed by atoms with van der Waals surface area (Å²) in [4.78, 5) is 8.52. The summed E-state index contributed by atoms with van der Waals surface area (Å²) in [5.41, 5.74) is 6.54. The van der Waals surface area contributed by atoms with Crippen molar-refractivity contribution in [3.8, 4) is 0 Å². The van der Waals surface area contributed by atoms with Crippen molar-refractivity contribution in [1.82, 2.24) is 9.97 Å². The van der Waals surface area contributed by atoms with Crippen molar-refractivity contribution in [2.75, 3.05) is 17.6 Å². The molecule has 0 aliphatic heterocycles. The van der Waals surface area contributed by atoms with Crippen molar-refractivity contribution >= 4 is 11.6 Å². The summed E-state index contributed by atoms with van der Waals surface area (Å²) < 4.78 is 36.0. The summed E-state index contributed by atoms with van der Waals surface area (Å²) in [5.74, 6) is 1.70. The molecule has 1 aromatic heterocycles. The fraction of sp³-hybridized carbons (Fsp3) is 0.692. The Labute approximate surface area is 117 Å². The Morgan fingerprint density at radius 2 is 1.90 bits per heavy atom. The molecule has 0 aliphatic rings. The van der Waals surface area contributed by atoms with Crippen molar-refractivity contribution in [2.24, 2.45) is 0 Å². The summed E-state index contributed by atoms with van der Waals surface area (Å²) in [6.45, 7) is 4.26. The van der Waals surface area contributed by atoms with Gasteiger partial charge in [0.15, 0.2) is 0 Å². The molecule has 0 bridgehead atoms. The lowest BCUT2D eigenvalue weighted by Crippen LogP contribution is -2.12. The van der Waals surface area contributed by atoms with E-state index in [0.717, 1.165) is 18.4 Å². The number of nitrogens with zero attached hydrogens (tertiary/aromatic N) is 2. The summed E-state index contributed by atoms with van der Waals surface area (Å²) in [6, 6.07) is 0. The number of aryl methyl sites for hydroxylation is 1. The van der Waals surface area contributed by atoms with Gasteiger partial charge in [-0.1, -0.05) is 6.92 Å². The molecule has 0 radical (unpaired) electrons. The van der Waals surface area contributed by atoms with Crippen molar-refractivity contribution < 1.29 is 13.2 Å². The number of nitrogens with two attached hydrogens (primary N) is 1. The van der Waals surface area contributed by atoms with Crippen LogP contribution in [0.1, 0.15) is 44.0 Å². The standard InChI is InChI=1S/C13H21F3N4/c1-3-6-10-19-11(17)9(2)12(20-10)18-8-5-4-7-13(14,15)16/h3-8H2,1-2H3,(H3,17,18,19,20). The van der Waals surface area contributed by atoms with Gasteiger partial charge in [0.05, 0.1) is 0 Å². The zero-order valence-electron chi connectivity index (χ0n) is 11.8. The number of halogens is 3. The van der Waals surface area contributed by atoms with Gasteiger partial charge in [-0.2, -0.15) is 13.2 Å². The van der Waals surface area contributed by atoms with Gasteiger partial charge in [0.2, 0.25) is 0 Å². The maximum atomic E-state index is 12.0. The number of hydrogen-bond donors (Lipinski definition) is 2. The van der Waals surface area contributed by atoms with E-state index in [2.05, 4.69) is 15.3 Å². The first-order chi connectivity index (χ1) is 9.33. The molecule has 3 N–H and O–H groups in total. The Morgan fingerprint density at radius 3 is 2.50 bits per heavy atom. The van der Waals surface area contributed by atoms with Gasteiger partial charge in [0.1, 0.15) is 17.5 Å². The fourth-order valence-corrected chi connectivity index (χ4v) is 1.75. The van der Waals surface area contributed by atoms with Crippen LogP contribution < -0.4 is 11.1 Å². The monoisotopic (exact) mass is 290 g/mol. The lowest BCUT2D eigenvalue weighted by atomic mass is 10.2. The average molecular weight is 290 g/mol. The molecule has 1 aromatic rings. The molecule has 0 spiro atoms. The molecule has 0 aliphatic carbocycles. The van der Waals surface area contributed by atoms with E-state index in [4.69, 9.17) is 5.73 Å². The first kappa shape index (κ1) is 16.5. The zero-order valence-corrected chi connectivity index (χ0v) is 11.8. The van der Waals surface area contributed by atoms with Crippen LogP contribution in [0.5, 0.6) is 0 Å². The van der Waals surface area contributed by atoms with Crippen LogP contribution in [0.15, 0.2) is 0 Å². The molecule has 1 rings (SSSR count). The molecular formula is C13H21F3N4. The predicted octanol–water partition coefficient (Wildman–Crippen LogP) is 3.46. The third-order valence-electron chi connectivity index (χ3n) is 2.88. The van der Waals surface area contributed by atoms with E-state index in [1.807, 2.05) is 6.92 Å². The molecule has 0 fully saturated rings. The van der Waals surface area contributed by atoms with Gasteiger partial charge < -0.3 is 11.1 Å². The number of alkyl halides is 3. The minimum atomic E-state index is -4.08. The van der Waals surface area contributed by atoms with Gasteiger partial charge in [-0.3, -0.25) is 0 Å². The molecule has 7 heteroatoms. The first-order valence-electron chi connectivity index (χ1n) is 6.77. The van der Waals surface area contributed by atoms with Crippen LogP contribution in [0.2, 0.25) is 0 Å². The van der Waals surface area contributed by atoms with Crippen LogP contribution in [0.3, 0.4) is 0 Å². The predicted molar refractivity (Wildman–Crippen MR) is 73.6 cm³/mol. The smallest absolute Gasteiger partial charge is 0.383 e. The fourth-order valence-electron chi connectivity index (χ4n) is 1.75. The van der Waals surface area contributed by atoms with Gasteiger partial charge in [-0.05, 0) is 26.2 Å². The summed E-state index contributed by atoms with van der Waals surface area (Å²) >= 11 is 0. The van der Waals surface area contributed by atoms with E-state index in [1.54, 1.807) is 6.92 Å². The van der Waals surface area contributed by atoms with Crippen molar-refractivity contribution in [2.45, 2.75) is 52.1 Å². The molecule has 114 valence electrons. The van der Waals surface area contributed by atoms with Crippen LogP contribution in [0.4, 0.5) is 24.8 Å². The highest BCUT2D eigenvalue weighted by Gasteiger charge is 2.25. The highest BCUT2D eigenvalue weighted by molar-refractivity contribution is 5.54. The van der Waals surface area contributed by atoms with Crippen molar-refractivity contribution in [3.05, 3.63) is 11.4 Å². The number of anilines is 2. The summed E-state index contributed by atoms with van der Waals surface area (Å²) in [7, 11) is 0.